The highest BCUT2D eigenvalue weighted by molar-refractivity contribution is 7.13. The Labute approximate surface area is 156 Å². The largest absolute Gasteiger partial charge is 0.298 e. The van der Waals surface area contributed by atoms with Crippen molar-refractivity contribution in [3.05, 3.63) is 87.9 Å². The Morgan fingerprint density at radius 3 is 2.23 bits per heavy atom. The Balaban J connectivity index is 1.44. The Morgan fingerprint density at radius 1 is 0.923 bits per heavy atom. The number of thiazole rings is 1. The van der Waals surface area contributed by atoms with E-state index in [1.807, 2.05) is 60.7 Å². The molecule has 0 amide bonds. The predicted octanol–water partition coefficient (Wildman–Crippen LogP) is 4.41. The molecule has 1 aliphatic rings. The number of carbonyl (C=O) groups is 2. The lowest BCUT2D eigenvalue weighted by atomic mass is 9.90. The van der Waals surface area contributed by atoms with E-state index in [2.05, 4.69) is 4.98 Å². The molecular formula is C22H19NO2S. The van der Waals surface area contributed by atoms with Gasteiger partial charge in [0.05, 0.1) is 16.7 Å². The maximum Gasteiger partial charge on any atom is 0.178 e. The number of carbonyl (C=O) groups excluding carboxylic acids is 2. The fraction of sp³-hybridized carbons (Fsp3) is 0.227. The van der Waals surface area contributed by atoms with E-state index >= 15 is 0 Å². The maximum atomic E-state index is 12.8. The molecule has 1 aliphatic carbocycles. The summed E-state index contributed by atoms with van der Waals surface area (Å²) in [5, 5.41) is 0.730. The normalized spacial score (nSPS) is 14.8. The minimum Gasteiger partial charge on any atom is -0.298 e. The molecular weight excluding hydrogens is 342 g/mol. The minimum absolute atomic E-state index is 0.0524. The van der Waals surface area contributed by atoms with Crippen LogP contribution in [0, 0.1) is 0 Å². The lowest BCUT2D eigenvalue weighted by Gasteiger charge is -2.13. The summed E-state index contributed by atoms with van der Waals surface area (Å²) in [4.78, 5) is 30.2. The molecule has 0 N–H and O–H groups in total. The van der Waals surface area contributed by atoms with Crippen LogP contribution in [-0.2, 0) is 23.1 Å². The number of ketones is 2. The first kappa shape index (κ1) is 16.9. The predicted molar refractivity (Wildman–Crippen MR) is 103 cm³/mol. The van der Waals surface area contributed by atoms with Crippen molar-refractivity contribution >= 4 is 22.9 Å². The SMILES string of the molecule is O=C(Cc1ccccc1)c1cnc(CC(=O)C2(c3ccccc3)CC2)s1. The quantitative estimate of drug-likeness (QED) is 0.586. The van der Waals surface area contributed by atoms with E-state index in [1.165, 1.54) is 11.3 Å². The first-order valence-corrected chi connectivity index (χ1v) is 9.60. The summed E-state index contributed by atoms with van der Waals surface area (Å²) in [5.41, 5.74) is 1.76. The summed E-state index contributed by atoms with van der Waals surface area (Å²) in [7, 11) is 0. The van der Waals surface area contributed by atoms with Crippen LogP contribution in [0.4, 0.5) is 0 Å². The minimum atomic E-state index is -0.332. The molecule has 0 atom stereocenters. The van der Waals surface area contributed by atoms with Crippen LogP contribution < -0.4 is 0 Å². The van der Waals surface area contributed by atoms with E-state index in [9.17, 15) is 9.59 Å². The summed E-state index contributed by atoms with van der Waals surface area (Å²) in [5.74, 6) is 0.261. The van der Waals surface area contributed by atoms with Gasteiger partial charge in [-0.1, -0.05) is 60.7 Å². The van der Waals surface area contributed by atoms with Gasteiger partial charge in [0.2, 0.25) is 0 Å². The summed E-state index contributed by atoms with van der Waals surface area (Å²) in [6.45, 7) is 0. The summed E-state index contributed by atoms with van der Waals surface area (Å²) >= 11 is 1.35. The molecule has 0 bridgehead atoms. The Bertz CT molecular complexity index is 927. The van der Waals surface area contributed by atoms with Crippen molar-refractivity contribution in [1.82, 2.24) is 4.98 Å². The molecule has 0 radical (unpaired) electrons. The van der Waals surface area contributed by atoms with Gasteiger partial charge in [0, 0.05) is 12.6 Å². The molecule has 1 heterocycles. The molecule has 1 fully saturated rings. The van der Waals surface area contributed by atoms with Crippen molar-refractivity contribution in [1.29, 1.82) is 0 Å². The monoisotopic (exact) mass is 361 g/mol. The number of rotatable bonds is 7. The van der Waals surface area contributed by atoms with E-state index in [1.54, 1.807) is 6.20 Å². The first-order chi connectivity index (χ1) is 12.7. The van der Waals surface area contributed by atoms with Crippen LogP contribution in [0.1, 0.15) is 38.6 Å². The van der Waals surface area contributed by atoms with E-state index in [0.29, 0.717) is 17.7 Å². The Kier molecular flexibility index (Phi) is 4.51. The van der Waals surface area contributed by atoms with Gasteiger partial charge in [0.15, 0.2) is 5.78 Å². The maximum absolute atomic E-state index is 12.8. The number of Topliss-reactive ketones (excluding diaryl/α,β-unsaturated/α-hetero) is 2. The highest BCUT2D eigenvalue weighted by Gasteiger charge is 2.50. The highest BCUT2D eigenvalue weighted by Crippen LogP contribution is 2.49. The summed E-state index contributed by atoms with van der Waals surface area (Å²) in [6, 6.07) is 19.7. The molecule has 0 aliphatic heterocycles. The third-order valence-electron chi connectivity index (χ3n) is 4.96. The second-order valence-electron chi connectivity index (χ2n) is 6.75. The van der Waals surface area contributed by atoms with E-state index < -0.39 is 0 Å². The van der Waals surface area contributed by atoms with Gasteiger partial charge in [0.25, 0.3) is 0 Å². The van der Waals surface area contributed by atoms with Gasteiger partial charge in [-0.15, -0.1) is 11.3 Å². The Morgan fingerprint density at radius 2 is 1.58 bits per heavy atom. The molecule has 1 saturated carbocycles. The van der Waals surface area contributed by atoms with Gasteiger partial charge in [-0.2, -0.15) is 0 Å². The van der Waals surface area contributed by atoms with E-state index in [0.717, 1.165) is 29.0 Å². The van der Waals surface area contributed by atoms with Crippen molar-refractivity contribution in [3.63, 3.8) is 0 Å². The smallest absolute Gasteiger partial charge is 0.178 e. The van der Waals surface area contributed by atoms with Crippen LogP contribution in [0.2, 0.25) is 0 Å². The van der Waals surface area contributed by atoms with Crippen LogP contribution in [0.25, 0.3) is 0 Å². The third kappa shape index (κ3) is 3.37. The number of hydrogen-bond donors (Lipinski definition) is 0. The van der Waals surface area contributed by atoms with Crippen LogP contribution in [0.3, 0.4) is 0 Å². The zero-order valence-electron chi connectivity index (χ0n) is 14.4. The van der Waals surface area contributed by atoms with Gasteiger partial charge in [-0.25, -0.2) is 4.98 Å². The average molecular weight is 361 g/mol. The van der Waals surface area contributed by atoms with Gasteiger partial charge in [0.1, 0.15) is 10.8 Å². The van der Waals surface area contributed by atoms with Gasteiger partial charge in [-0.3, -0.25) is 9.59 Å². The van der Waals surface area contributed by atoms with Crippen molar-refractivity contribution in [3.8, 4) is 0 Å². The standard InChI is InChI=1S/C22H19NO2S/c24-18(13-16-7-3-1-4-8-16)19-15-23-21(26-19)14-20(25)22(11-12-22)17-9-5-2-6-10-17/h1-10,15H,11-14H2. The van der Waals surface area contributed by atoms with Crippen molar-refractivity contribution in [2.75, 3.05) is 0 Å². The molecule has 2 aromatic carbocycles. The fourth-order valence-electron chi connectivity index (χ4n) is 3.31. The molecule has 0 spiro atoms. The van der Waals surface area contributed by atoms with Crippen LogP contribution in [0.5, 0.6) is 0 Å². The lowest BCUT2D eigenvalue weighted by Crippen LogP contribution is -2.22. The molecule has 3 nitrogen and oxygen atoms in total. The van der Waals surface area contributed by atoms with Crippen molar-refractivity contribution < 1.29 is 9.59 Å². The molecule has 26 heavy (non-hydrogen) atoms. The molecule has 4 heteroatoms. The lowest BCUT2D eigenvalue weighted by molar-refractivity contribution is -0.120. The summed E-state index contributed by atoms with van der Waals surface area (Å²) in [6.07, 6.45) is 4.09. The Hall–Kier alpha value is -2.59. The van der Waals surface area contributed by atoms with E-state index in [4.69, 9.17) is 0 Å². The zero-order chi connectivity index (χ0) is 18.0. The third-order valence-corrected chi connectivity index (χ3v) is 6.00. The molecule has 0 unspecified atom stereocenters. The molecule has 1 aromatic heterocycles. The molecule has 4 rings (SSSR count). The van der Waals surface area contributed by atoms with Crippen LogP contribution >= 0.6 is 11.3 Å². The second-order valence-corrected chi connectivity index (χ2v) is 7.87. The zero-order valence-corrected chi connectivity index (χ0v) is 15.2. The second kappa shape index (κ2) is 6.96. The first-order valence-electron chi connectivity index (χ1n) is 8.78. The number of nitrogens with zero attached hydrogens (tertiary/aromatic N) is 1. The van der Waals surface area contributed by atoms with Crippen LogP contribution in [0.15, 0.2) is 66.9 Å². The van der Waals surface area contributed by atoms with Gasteiger partial charge in [-0.05, 0) is 24.0 Å². The highest BCUT2D eigenvalue weighted by atomic mass is 32.1. The number of hydrogen-bond acceptors (Lipinski definition) is 4. The van der Waals surface area contributed by atoms with Crippen molar-refractivity contribution in [2.24, 2.45) is 0 Å². The summed E-state index contributed by atoms with van der Waals surface area (Å²) < 4.78 is 0. The topological polar surface area (TPSA) is 47.0 Å². The van der Waals surface area contributed by atoms with E-state index in [-0.39, 0.29) is 17.0 Å². The number of benzene rings is 2. The van der Waals surface area contributed by atoms with Crippen LogP contribution in [-0.4, -0.2) is 16.6 Å². The molecule has 0 saturated heterocycles. The average Bonchev–Trinajstić information content (AvgIpc) is 3.36. The van der Waals surface area contributed by atoms with Gasteiger partial charge >= 0.3 is 0 Å². The molecule has 130 valence electrons. The fourth-order valence-corrected chi connectivity index (χ4v) is 4.16. The van der Waals surface area contributed by atoms with Gasteiger partial charge < -0.3 is 0 Å². The molecule has 3 aromatic rings. The number of aromatic nitrogens is 1. The van der Waals surface area contributed by atoms with Crippen molar-refractivity contribution in [2.45, 2.75) is 31.1 Å².